The number of hydrogen-bond acceptors (Lipinski definition) is 2. The summed E-state index contributed by atoms with van der Waals surface area (Å²) < 4.78 is 0. The number of rotatable bonds is 3. The maximum Gasteiger partial charge on any atom is 0.0393 e. The molecule has 2 heteroatoms. The van der Waals surface area contributed by atoms with Crippen LogP contribution >= 0.6 is 0 Å². The van der Waals surface area contributed by atoms with Gasteiger partial charge in [-0.25, -0.2) is 0 Å². The number of nitrogen functional groups attached to an aromatic ring is 1. The van der Waals surface area contributed by atoms with Gasteiger partial charge in [-0.2, -0.15) is 0 Å². The highest BCUT2D eigenvalue weighted by Gasteiger charge is 2.08. The van der Waals surface area contributed by atoms with Crippen LogP contribution in [0.4, 0.5) is 5.69 Å². The SMILES string of the molecule is NCc1ccc(-c2ccccc2-c2ccccc2N)cc1. The van der Waals surface area contributed by atoms with Crippen LogP contribution in [-0.4, -0.2) is 0 Å². The highest BCUT2D eigenvalue weighted by Crippen LogP contribution is 2.34. The molecule has 0 spiro atoms. The Morgan fingerprint density at radius 1 is 0.619 bits per heavy atom. The Bertz CT molecular complexity index is 746. The molecule has 0 heterocycles. The molecule has 0 aliphatic rings. The van der Waals surface area contributed by atoms with E-state index in [2.05, 4.69) is 48.5 Å². The molecule has 0 atom stereocenters. The summed E-state index contributed by atoms with van der Waals surface area (Å²) in [5.41, 5.74) is 18.3. The largest absolute Gasteiger partial charge is 0.398 e. The molecule has 0 saturated carbocycles. The van der Waals surface area contributed by atoms with Crippen LogP contribution in [0.15, 0.2) is 72.8 Å². The molecule has 0 aliphatic heterocycles. The molecule has 0 saturated heterocycles. The number of benzene rings is 3. The van der Waals surface area contributed by atoms with E-state index < -0.39 is 0 Å². The van der Waals surface area contributed by atoms with Crippen LogP contribution in [-0.2, 0) is 6.54 Å². The van der Waals surface area contributed by atoms with E-state index in [4.69, 9.17) is 11.5 Å². The van der Waals surface area contributed by atoms with Gasteiger partial charge in [-0.05, 0) is 28.3 Å². The Labute approximate surface area is 125 Å². The van der Waals surface area contributed by atoms with Crippen LogP contribution in [0, 0.1) is 0 Å². The average Bonchev–Trinajstić information content (AvgIpc) is 2.55. The smallest absolute Gasteiger partial charge is 0.0393 e. The van der Waals surface area contributed by atoms with E-state index in [1.165, 1.54) is 11.1 Å². The molecule has 4 N–H and O–H groups in total. The Kier molecular flexibility index (Phi) is 3.71. The molecule has 104 valence electrons. The third kappa shape index (κ3) is 2.67. The van der Waals surface area contributed by atoms with Crippen molar-refractivity contribution in [2.45, 2.75) is 6.54 Å². The molecule has 0 radical (unpaired) electrons. The van der Waals surface area contributed by atoms with E-state index in [1.807, 2.05) is 24.3 Å². The van der Waals surface area contributed by atoms with Gasteiger partial charge in [-0.3, -0.25) is 0 Å². The maximum absolute atomic E-state index is 6.13. The van der Waals surface area contributed by atoms with Gasteiger partial charge in [0.2, 0.25) is 0 Å². The van der Waals surface area contributed by atoms with Crippen LogP contribution in [0.1, 0.15) is 5.56 Å². The number of para-hydroxylation sites is 1. The summed E-state index contributed by atoms with van der Waals surface area (Å²) in [7, 11) is 0. The van der Waals surface area contributed by atoms with Crippen molar-refractivity contribution in [3.8, 4) is 22.3 Å². The fraction of sp³-hybridized carbons (Fsp3) is 0.0526. The summed E-state index contributed by atoms with van der Waals surface area (Å²) in [5.74, 6) is 0. The van der Waals surface area contributed by atoms with E-state index in [0.717, 1.165) is 22.4 Å². The molecular formula is C19H18N2. The minimum absolute atomic E-state index is 0.563. The third-order valence-corrected chi connectivity index (χ3v) is 3.68. The second kappa shape index (κ2) is 5.81. The lowest BCUT2D eigenvalue weighted by molar-refractivity contribution is 1.07. The Morgan fingerprint density at radius 2 is 1.19 bits per heavy atom. The minimum atomic E-state index is 0.563. The molecule has 0 amide bonds. The highest BCUT2D eigenvalue weighted by molar-refractivity contribution is 5.88. The van der Waals surface area contributed by atoms with E-state index in [9.17, 15) is 0 Å². The minimum Gasteiger partial charge on any atom is -0.398 e. The van der Waals surface area contributed by atoms with Gasteiger partial charge in [0.25, 0.3) is 0 Å². The van der Waals surface area contributed by atoms with Crippen molar-refractivity contribution in [3.05, 3.63) is 78.4 Å². The van der Waals surface area contributed by atoms with E-state index in [0.29, 0.717) is 6.54 Å². The van der Waals surface area contributed by atoms with Gasteiger partial charge >= 0.3 is 0 Å². The number of anilines is 1. The lowest BCUT2D eigenvalue weighted by Gasteiger charge is -2.12. The van der Waals surface area contributed by atoms with Gasteiger partial charge in [0.05, 0.1) is 0 Å². The van der Waals surface area contributed by atoms with Crippen molar-refractivity contribution in [2.75, 3.05) is 5.73 Å². The van der Waals surface area contributed by atoms with Gasteiger partial charge < -0.3 is 11.5 Å². The monoisotopic (exact) mass is 274 g/mol. The van der Waals surface area contributed by atoms with E-state index >= 15 is 0 Å². The lowest BCUT2D eigenvalue weighted by Crippen LogP contribution is -1.95. The van der Waals surface area contributed by atoms with Gasteiger partial charge in [0, 0.05) is 17.8 Å². The molecule has 0 aromatic heterocycles. The molecule has 0 aliphatic carbocycles. The Morgan fingerprint density at radius 3 is 1.81 bits per heavy atom. The molecule has 0 bridgehead atoms. The summed E-state index contributed by atoms with van der Waals surface area (Å²) in [6.45, 7) is 0.563. The predicted molar refractivity (Wildman–Crippen MR) is 89.6 cm³/mol. The van der Waals surface area contributed by atoms with Gasteiger partial charge in [0.1, 0.15) is 0 Å². The van der Waals surface area contributed by atoms with Gasteiger partial charge in [-0.1, -0.05) is 66.7 Å². The summed E-state index contributed by atoms with van der Waals surface area (Å²) >= 11 is 0. The molecule has 2 nitrogen and oxygen atoms in total. The molecule has 0 unspecified atom stereocenters. The quantitative estimate of drug-likeness (QED) is 0.708. The van der Waals surface area contributed by atoms with Crippen molar-refractivity contribution in [1.29, 1.82) is 0 Å². The second-order valence-electron chi connectivity index (χ2n) is 5.03. The van der Waals surface area contributed by atoms with Gasteiger partial charge in [0.15, 0.2) is 0 Å². The molecule has 3 aromatic carbocycles. The third-order valence-electron chi connectivity index (χ3n) is 3.68. The first kappa shape index (κ1) is 13.4. The fourth-order valence-electron chi connectivity index (χ4n) is 2.53. The zero-order valence-electron chi connectivity index (χ0n) is 11.8. The molecular weight excluding hydrogens is 256 g/mol. The maximum atomic E-state index is 6.13. The molecule has 21 heavy (non-hydrogen) atoms. The number of nitrogens with two attached hydrogens (primary N) is 2. The summed E-state index contributed by atoms with van der Waals surface area (Å²) in [6.07, 6.45) is 0. The van der Waals surface area contributed by atoms with Crippen LogP contribution in [0.25, 0.3) is 22.3 Å². The molecule has 0 fully saturated rings. The Hall–Kier alpha value is -2.58. The predicted octanol–water partition coefficient (Wildman–Crippen LogP) is 4.06. The first-order valence-electron chi connectivity index (χ1n) is 7.03. The first-order valence-corrected chi connectivity index (χ1v) is 7.03. The van der Waals surface area contributed by atoms with E-state index in [1.54, 1.807) is 0 Å². The van der Waals surface area contributed by atoms with Crippen LogP contribution in [0.5, 0.6) is 0 Å². The molecule has 3 rings (SSSR count). The Balaban J connectivity index is 2.13. The first-order chi connectivity index (χ1) is 10.3. The van der Waals surface area contributed by atoms with Gasteiger partial charge in [-0.15, -0.1) is 0 Å². The van der Waals surface area contributed by atoms with Crippen LogP contribution in [0.3, 0.4) is 0 Å². The fourth-order valence-corrected chi connectivity index (χ4v) is 2.53. The van der Waals surface area contributed by atoms with Crippen molar-refractivity contribution in [2.24, 2.45) is 5.73 Å². The standard InChI is InChI=1S/C19H18N2/c20-13-14-9-11-15(12-10-14)16-5-1-2-6-17(16)18-7-3-4-8-19(18)21/h1-12H,13,20-21H2. The van der Waals surface area contributed by atoms with Crippen molar-refractivity contribution in [3.63, 3.8) is 0 Å². The van der Waals surface area contributed by atoms with Crippen molar-refractivity contribution >= 4 is 5.69 Å². The van der Waals surface area contributed by atoms with E-state index in [-0.39, 0.29) is 0 Å². The normalized spacial score (nSPS) is 10.5. The highest BCUT2D eigenvalue weighted by atomic mass is 14.6. The summed E-state index contributed by atoms with van der Waals surface area (Å²) in [4.78, 5) is 0. The van der Waals surface area contributed by atoms with Crippen molar-refractivity contribution < 1.29 is 0 Å². The molecule has 3 aromatic rings. The average molecular weight is 274 g/mol. The van der Waals surface area contributed by atoms with Crippen LogP contribution in [0.2, 0.25) is 0 Å². The lowest BCUT2D eigenvalue weighted by atomic mass is 9.93. The summed E-state index contributed by atoms with van der Waals surface area (Å²) in [5, 5.41) is 0. The van der Waals surface area contributed by atoms with Crippen molar-refractivity contribution in [1.82, 2.24) is 0 Å². The topological polar surface area (TPSA) is 52.0 Å². The van der Waals surface area contributed by atoms with Crippen LogP contribution < -0.4 is 11.5 Å². The summed E-state index contributed by atoms with van der Waals surface area (Å²) in [6, 6.07) is 24.6. The zero-order valence-corrected chi connectivity index (χ0v) is 11.8. The second-order valence-corrected chi connectivity index (χ2v) is 5.03. The zero-order chi connectivity index (χ0) is 14.7. The number of hydrogen-bond donors (Lipinski definition) is 2.